The average molecular weight is 489 g/mol. The number of carboxylic acid groups (broad SMARTS) is 3. The van der Waals surface area contributed by atoms with Gasteiger partial charge in [0.1, 0.15) is 18.1 Å². The van der Waals surface area contributed by atoms with E-state index in [2.05, 4.69) is 16.0 Å². The first-order valence-corrected chi connectivity index (χ1v) is 11.0. The highest BCUT2D eigenvalue weighted by Crippen LogP contribution is 2.11. The molecule has 0 aliphatic carbocycles. The Kier molecular flexibility index (Phi) is 13.4. The van der Waals surface area contributed by atoms with Crippen molar-refractivity contribution in [3.8, 4) is 0 Å². The van der Waals surface area contributed by atoms with Gasteiger partial charge in [0.15, 0.2) is 0 Å². The molecule has 0 radical (unpaired) electrons. The van der Waals surface area contributed by atoms with Gasteiger partial charge >= 0.3 is 17.9 Å². The van der Waals surface area contributed by atoms with E-state index in [1.807, 2.05) is 0 Å². The van der Waals surface area contributed by atoms with Crippen molar-refractivity contribution >= 4 is 35.6 Å². The van der Waals surface area contributed by atoms with E-state index in [4.69, 9.17) is 15.9 Å². The maximum atomic E-state index is 12.9. The van der Waals surface area contributed by atoms with Crippen molar-refractivity contribution in [2.75, 3.05) is 0 Å². The van der Waals surface area contributed by atoms with Gasteiger partial charge in [-0.15, -0.1) is 0 Å². The fourth-order valence-electron chi connectivity index (χ4n) is 3.01. The molecule has 0 aliphatic rings. The van der Waals surface area contributed by atoms with Crippen LogP contribution in [0.5, 0.6) is 0 Å². The molecule has 194 valence electrons. The van der Waals surface area contributed by atoms with Crippen LogP contribution >= 0.6 is 0 Å². The minimum absolute atomic E-state index is 0.0843. The zero-order valence-corrected chi connectivity index (χ0v) is 19.9. The predicted molar refractivity (Wildman–Crippen MR) is 119 cm³/mol. The van der Waals surface area contributed by atoms with Gasteiger partial charge in [-0.1, -0.05) is 34.1 Å². The van der Waals surface area contributed by atoms with Crippen LogP contribution in [-0.4, -0.2) is 75.1 Å². The number of hydrogen-bond acceptors (Lipinski definition) is 7. The van der Waals surface area contributed by atoms with E-state index in [0.717, 1.165) is 0 Å². The van der Waals surface area contributed by atoms with Gasteiger partial charge in [0, 0.05) is 6.42 Å². The first kappa shape index (κ1) is 30.8. The van der Waals surface area contributed by atoms with Crippen LogP contribution < -0.4 is 21.7 Å². The lowest BCUT2D eigenvalue weighted by atomic mass is 9.97. The third-order valence-corrected chi connectivity index (χ3v) is 5.13. The quantitative estimate of drug-likeness (QED) is 0.144. The second kappa shape index (κ2) is 14.8. The Morgan fingerprint density at radius 1 is 0.794 bits per heavy atom. The third kappa shape index (κ3) is 11.6. The second-order valence-corrected chi connectivity index (χ2v) is 8.60. The molecule has 0 saturated heterocycles. The Hall–Kier alpha value is -3.22. The smallest absolute Gasteiger partial charge is 0.326 e. The molecule has 0 spiro atoms. The van der Waals surface area contributed by atoms with E-state index < -0.39 is 72.6 Å². The monoisotopic (exact) mass is 488 g/mol. The van der Waals surface area contributed by atoms with Crippen molar-refractivity contribution in [1.29, 1.82) is 0 Å². The van der Waals surface area contributed by atoms with Gasteiger partial charge in [0.25, 0.3) is 0 Å². The fraction of sp³-hybridized carbons (Fsp3) is 0.714. The maximum Gasteiger partial charge on any atom is 0.326 e. The molecule has 0 fully saturated rings. The summed E-state index contributed by atoms with van der Waals surface area (Å²) in [6.07, 6.45) is -0.916. The summed E-state index contributed by atoms with van der Waals surface area (Å²) in [4.78, 5) is 71.2. The van der Waals surface area contributed by atoms with Crippen molar-refractivity contribution in [3.63, 3.8) is 0 Å². The summed E-state index contributed by atoms with van der Waals surface area (Å²) in [5.74, 6) is -6.85. The predicted octanol–water partition coefficient (Wildman–Crippen LogP) is -0.716. The highest BCUT2D eigenvalue weighted by Gasteiger charge is 2.32. The van der Waals surface area contributed by atoms with Gasteiger partial charge < -0.3 is 37.0 Å². The summed E-state index contributed by atoms with van der Waals surface area (Å²) in [5.41, 5.74) is 5.50. The Morgan fingerprint density at radius 3 is 1.76 bits per heavy atom. The molecule has 13 heteroatoms. The van der Waals surface area contributed by atoms with E-state index in [-0.39, 0.29) is 24.7 Å². The molecule has 3 amide bonds. The molecule has 0 rings (SSSR count). The van der Waals surface area contributed by atoms with E-state index in [0.29, 0.717) is 6.42 Å². The van der Waals surface area contributed by atoms with Crippen molar-refractivity contribution < 1.29 is 44.1 Å². The molecule has 34 heavy (non-hydrogen) atoms. The second-order valence-electron chi connectivity index (χ2n) is 8.60. The van der Waals surface area contributed by atoms with Gasteiger partial charge in [0.05, 0.1) is 12.5 Å². The van der Waals surface area contributed by atoms with E-state index in [1.54, 1.807) is 27.7 Å². The molecule has 0 aromatic heterocycles. The first-order chi connectivity index (χ1) is 15.7. The van der Waals surface area contributed by atoms with Gasteiger partial charge in [-0.3, -0.25) is 24.0 Å². The van der Waals surface area contributed by atoms with Crippen molar-refractivity contribution in [2.45, 2.75) is 84.0 Å². The Labute approximate surface area is 197 Å². The van der Waals surface area contributed by atoms with Crippen LogP contribution in [0, 0.1) is 11.8 Å². The molecule has 5 unspecified atom stereocenters. The number of carbonyl (C=O) groups is 6. The average Bonchev–Trinajstić information content (AvgIpc) is 2.72. The zero-order valence-electron chi connectivity index (χ0n) is 19.9. The lowest BCUT2D eigenvalue weighted by Gasteiger charge is -2.27. The molecule has 0 saturated carbocycles. The highest BCUT2D eigenvalue weighted by atomic mass is 16.4. The van der Waals surface area contributed by atoms with Gasteiger partial charge in [0.2, 0.25) is 17.7 Å². The number of aliphatic carboxylic acids is 3. The molecule has 0 aromatic rings. The maximum absolute atomic E-state index is 12.9. The summed E-state index contributed by atoms with van der Waals surface area (Å²) in [5, 5.41) is 34.3. The summed E-state index contributed by atoms with van der Waals surface area (Å²) in [7, 11) is 0. The van der Waals surface area contributed by atoms with Gasteiger partial charge in [-0.05, 0) is 24.7 Å². The standard InChI is InChI=1S/C21H36N4O9/c1-5-11(4)17(21(33)34)25-20(32)14(8-10(2)3)24-19(31)13(6-7-15(26)27)23-18(30)12(22)9-16(28)29/h10-14,17H,5-9,22H2,1-4H3,(H,23,30)(H,24,31)(H,25,32)(H,26,27)(H,28,29)(H,33,34). The normalized spacial score (nSPS) is 15.4. The number of carboxylic acids is 3. The van der Waals surface area contributed by atoms with E-state index in [9.17, 15) is 33.9 Å². The van der Waals surface area contributed by atoms with Crippen LogP contribution in [-0.2, 0) is 28.8 Å². The third-order valence-electron chi connectivity index (χ3n) is 5.13. The number of hydrogen-bond donors (Lipinski definition) is 7. The molecule has 0 heterocycles. The highest BCUT2D eigenvalue weighted by molar-refractivity contribution is 5.95. The Bertz CT molecular complexity index is 757. The van der Waals surface area contributed by atoms with Gasteiger partial charge in [-0.25, -0.2) is 4.79 Å². The largest absolute Gasteiger partial charge is 0.481 e. The van der Waals surface area contributed by atoms with Crippen molar-refractivity contribution in [1.82, 2.24) is 16.0 Å². The lowest BCUT2D eigenvalue weighted by Crippen LogP contribution is -2.58. The molecule has 13 nitrogen and oxygen atoms in total. The Morgan fingerprint density at radius 2 is 1.32 bits per heavy atom. The molecule has 0 aromatic carbocycles. The Balaban J connectivity index is 5.62. The molecule has 8 N–H and O–H groups in total. The minimum atomic E-state index is -1.47. The van der Waals surface area contributed by atoms with E-state index in [1.165, 1.54) is 0 Å². The van der Waals surface area contributed by atoms with Crippen LogP contribution in [0.2, 0.25) is 0 Å². The fourth-order valence-corrected chi connectivity index (χ4v) is 3.01. The summed E-state index contributed by atoms with van der Waals surface area (Å²) >= 11 is 0. The summed E-state index contributed by atoms with van der Waals surface area (Å²) in [6.45, 7) is 6.99. The van der Waals surface area contributed by atoms with Crippen LogP contribution in [0.3, 0.4) is 0 Å². The zero-order chi connectivity index (χ0) is 26.6. The number of carbonyl (C=O) groups excluding carboxylic acids is 3. The number of rotatable bonds is 16. The van der Waals surface area contributed by atoms with Crippen LogP contribution in [0.15, 0.2) is 0 Å². The first-order valence-electron chi connectivity index (χ1n) is 11.0. The summed E-state index contributed by atoms with van der Waals surface area (Å²) in [6, 6.07) is -5.22. The molecule has 5 atom stereocenters. The molecular formula is C21H36N4O9. The van der Waals surface area contributed by atoms with Gasteiger partial charge in [-0.2, -0.15) is 0 Å². The SMILES string of the molecule is CCC(C)C(NC(=O)C(CC(C)C)NC(=O)C(CCC(=O)O)NC(=O)C(N)CC(=O)O)C(=O)O. The number of nitrogens with two attached hydrogens (primary N) is 1. The molecule has 0 aliphatic heterocycles. The van der Waals surface area contributed by atoms with Crippen LogP contribution in [0.1, 0.15) is 59.8 Å². The van der Waals surface area contributed by atoms with Crippen molar-refractivity contribution in [2.24, 2.45) is 17.6 Å². The van der Waals surface area contributed by atoms with Crippen LogP contribution in [0.25, 0.3) is 0 Å². The lowest BCUT2D eigenvalue weighted by molar-refractivity contribution is -0.144. The summed E-state index contributed by atoms with van der Waals surface area (Å²) < 4.78 is 0. The van der Waals surface area contributed by atoms with E-state index >= 15 is 0 Å². The number of amides is 3. The van der Waals surface area contributed by atoms with Crippen molar-refractivity contribution in [3.05, 3.63) is 0 Å². The molecule has 0 bridgehead atoms. The minimum Gasteiger partial charge on any atom is -0.481 e. The van der Waals surface area contributed by atoms with Crippen LogP contribution in [0.4, 0.5) is 0 Å². The topological polar surface area (TPSA) is 225 Å². The molecular weight excluding hydrogens is 452 g/mol. The number of nitrogens with one attached hydrogen (secondary N) is 3.